The summed E-state index contributed by atoms with van der Waals surface area (Å²) in [6.45, 7) is 3.41. The van der Waals surface area contributed by atoms with Crippen molar-refractivity contribution in [3.8, 4) is 0 Å². The molecule has 0 unspecified atom stereocenters. The monoisotopic (exact) mass is 347 g/mol. The fraction of sp³-hybridized carbons (Fsp3) is 0.222. The second-order valence-corrected chi connectivity index (χ2v) is 6.21. The number of esters is 1. The van der Waals surface area contributed by atoms with Crippen molar-refractivity contribution in [2.45, 2.75) is 18.7 Å². The van der Waals surface area contributed by atoms with Gasteiger partial charge in [0.05, 0.1) is 5.75 Å². The van der Waals surface area contributed by atoms with E-state index in [4.69, 9.17) is 4.74 Å². The Bertz CT molecular complexity index is 729. The van der Waals surface area contributed by atoms with Crippen molar-refractivity contribution < 1.29 is 18.7 Å². The quantitative estimate of drug-likeness (QED) is 0.639. The largest absolute Gasteiger partial charge is 0.455 e. The molecule has 0 aromatic heterocycles. The van der Waals surface area contributed by atoms with Crippen LogP contribution in [0, 0.1) is 19.7 Å². The third kappa shape index (κ3) is 5.09. The summed E-state index contributed by atoms with van der Waals surface area (Å²) in [6, 6.07) is 11.9. The van der Waals surface area contributed by atoms with Gasteiger partial charge in [-0.3, -0.25) is 9.59 Å². The lowest BCUT2D eigenvalue weighted by Gasteiger charge is -2.11. The topological polar surface area (TPSA) is 55.4 Å². The Labute approximate surface area is 144 Å². The zero-order chi connectivity index (χ0) is 17.5. The first-order valence-electron chi connectivity index (χ1n) is 7.36. The number of halogens is 1. The Kier molecular flexibility index (Phi) is 6.37. The molecule has 0 bridgehead atoms. The molecular weight excluding hydrogens is 329 g/mol. The number of nitrogens with one attached hydrogen (secondary N) is 1. The molecule has 4 nitrogen and oxygen atoms in total. The molecule has 1 N–H and O–H groups in total. The summed E-state index contributed by atoms with van der Waals surface area (Å²) in [7, 11) is 0. The second-order valence-electron chi connectivity index (χ2n) is 5.19. The average molecular weight is 347 g/mol. The number of ether oxygens (including phenoxy) is 1. The van der Waals surface area contributed by atoms with E-state index in [0.29, 0.717) is 4.90 Å². The van der Waals surface area contributed by atoms with Gasteiger partial charge in [0, 0.05) is 10.6 Å². The van der Waals surface area contributed by atoms with E-state index in [1.165, 1.54) is 6.07 Å². The van der Waals surface area contributed by atoms with Crippen molar-refractivity contribution in [3.63, 3.8) is 0 Å². The van der Waals surface area contributed by atoms with Gasteiger partial charge in [0.1, 0.15) is 5.82 Å². The normalized spacial score (nSPS) is 10.3. The minimum Gasteiger partial charge on any atom is -0.455 e. The van der Waals surface area contributed by atoms with Crippen LogP contribution in [0.4, 0.5) is 10.1 Å². The zero-order valence-corrected chi connectivity index (χ0v) is 14.3. The summed E-state index contributed by atoms with van der Waals surface area (Å²) in [5.41, 5.74) is 2.59. The van der Waals surface area contributed by atoms with E-state index in [-0.39, 0.29) is 18.2 Å². The molecule has 0 aliphatic heterocycles. The van der Waals surface area contributed by atoms with Gasteiger partial charge >= 0.3 is 5.97 Å². The van der Waals surface area contributed by atoms with Crippen LogP contribution in [0.2, 0.25) is 0 Å². The predicted molar refractivity (Wildman–Crippen MR) is 92.6 cm³/mol. The van der Waals surface area contributed by atoms with Crippen LogP contribution in [0.5, 0.6) is 0 Å². The number of anilines is 1. The Morgan fingerprint density at radius 3 is 2.42 bits per heavy atom. The maximum Gasteiger partial charge on any atom is 0.316 e. The van der Waals surface area contributed by atoms with Crippen LogP contribution in [0.15, 0.2) is 47.4 Å². The highest BCUT2D eigenvalue weighted by Gasteiger charge is 2.11. The Balaban J connectivity index is 1.79. The van der Waals surface area contributed by atoms with Gasteiger partial charge < -0.3 is 10.1 Å². The van der Waals surface area contributed by atoms with E-state index >= 15 is 0 Å². The summed E-state index contributed by atoms with van der Waals surface area (Å²) in [4.78, 5) is 23.9. The van der Waals surface area contributed by atoms with Gasteiger partial charge in [-0.1, -0.05) is 30.3 Å². The lowest BCUT2D eigenvalue weighted by molar-refractivity contribution is -0.144. The molecule has 0 fully saturated rings. The summed E-state index contributed by atoms with van der Waals surface area (Å²) in [5, 5.41) is 2.73. The summed E-state index contributed by atoms with van der Waals surface area (Å²) >= 11 is 1.03. The van der Waals surface area contributed by atoms with E-state index in [1.54, 1.807) is 18.2 Å². The highest BCUT2D eigenvalue weighted by Crippen LogP contribution is 2.21. The van der Waals surface area contributed by atoms with Gasteiger partial charge in [-0.15, -0.1) is 11.8 Å². The van der Waals surface area contributed by atoms with Gasteiger partial charge in [-0.05, 0) is 37.1 Å². The highest BCUT2D eigenvalue weighted by molar-refractivity contribution is 8.00. The first kappa shape index (κ1) is 18.0. The number of hydrogen-bond donors (Lipinski definition) is 1. The molecule has 2 aromatic carbocycles. The molecule has 0 aliphatic carbocycles. The van der Waals surface area contributed by atoms with Crippen molar-refractivity contribution in [2.75, 3.05) is 17.7 Å². The number of rotatable bonds is 6. The summed E-state index contributed by atoms with van der Waals surface area (Å²) in [5.74, 6) is -1.42. The number of aryl methyl sites for hydroxylation is 2. The van der Waals surface area contributed by atoms with Crippen LogP contribution in [0.1, 0.15) is 11.1 Å². The number of carbonyl (C=O) groups excluding carboxylic acids is 2. The molecule has 0 spiro atoms. The van der Waals surface area contributed by atoms with Crippen molar-refractivity contribution >= 4 is 29.3 Å². The van der Waals surface area contributed by atoms with Crippen molar-refractivity contribution in [1.29, 1.82) is 0 Å². The molecule has 2 rings (SSSR count). The van der Waals surface area contributed by atoms with Crippen LogP contribution in [-0.2, 0) is 14.3 Å². The molecular formula is C18H18FNO3S. The number of benzene rings is 2. The van der Waals surface area contributed by atoms with Crippen LogP contribution >= 0.6 is 11.8 Å². The van der Waals surface area contributed by atoms with Crippen LogP contribution in [0.3, 0.4) is 0 Å². The molecule has 0 radical (unpaired) electrons. The average Bonchev–Trinajstić information content (AvgIpc) is 2.56. The fourth-order valence-electron chi connectivity index (χ4n) is 2.07. The Morgan fingerprint density at radius 1 is 1.08 bits per heavy atom. The maximum atomic E-state index is 13.4. The van der Waals surface area contributed by atoms with Crippen molar-refractivity contribution in [1.82, 2.24) is 0 Å². The van der Waals surface area contributed by atoms with E-state index < -0.39 is 11.9 Å². The van der Waals surface area contributed by atoms with Crippen LogP contribution < -0.4 is 5.32 Å². The third-order valence-electron chi connectivity index (χ3n) is 3.29. The van der Waals surface area contributed by atoms with E-state index in [0.717, 1.165) is 28.6 Å². The van der Waals surface area contributed by atoms with Gasteiger partial charge in [0.25, 0.3) is 5.91 Å². The summed E-state index contributed by atoms with van der Waals surface area (Å²) < 4.78 is 18.4. The smallest absolute Gasteiger partial charge is 0.316 e. The van der Waals surface area contributed by atoms with Crippen LogP contribution in [-0.4, -0.2) is 24.2 Å². The van der Waals surface area contributed by atoms with Gasteiger partial charge in [0.15, 0.2) is 6.61 Å². The molecule has 126 valence electrons. The molecule has 0 saturated carbocycles. The predicted octanol–water partition coefficient (Wildman–Crippen LogP) is 3.72. The Morgan fingerprint density at radius 2 is 1.75 bits per heavy atom. The molecule has 6 heteroatoms. The minimum atomic E-state index is -0.570. The van der Waals surface area contributed by atoms with Crippen molar-refractivity contribution in [3.05, 3.63) is 59.4 Å². The minimum absolute atomic E-state index is 0.0579. The molecule has 0 aliphatic rings. The number of thioether (sulfide) groups is 1. The first-order valence-corrected chi connectivity index (χ1v) is 8.35. The molecule has 0 heterocycles. The molecule has 0 atom stereocenters. The van der Waals surface area contributed by atoms with Crippen molar-refractivity contribution in [2.24, 2.45) is 0 Å². The van der Waals surface area contributed by atoms with E-state index in [2.05, 4.69) is 5.32 Å². The zero-order valence-electron chi connectivity index (χ0n) is 13.5. The third-order valence-corrected chi connectivity index (χ3v) is 4.31. The number of hydrogen-bond acceptors (Lipinski definition) is 4. The number of para-hydroxylation sites is 1. The fourth-order valence-corrected chi connectivity index (χ4v) is 2.81. The van der Waals surface area contributed by atoms with Gasteiger partial charge in [-0.2, -0.15) is 0 Å². The lowest BCUT2D eigenvalue weighted by atomic mass is 10.1. The standard InChI is InChI=1S/C18H18FNO3S/c1-12-6-5-7-13(2)18(12)20-16(21)10-23-17(22)11-24-15-9-4-3-8-14(15)19/h3-9H,10-11H2,1-2H3,(H,20,21). The van der Waals surface area contributed by atoms with E-state index in [9.17, 15) is 14.0 Å². The number of amides is 1. The molecule has 2 aromatic rings. The first-order chi connectivity index (χ1) is 11.5. The molecule has 0 saturated heterocycles. The lowest BCUT2D eigenvalue weighted by Crippen LogP contribution is -2.22. The highest BCUT2D eigenvalue weighted by atomic mass is 32.2. The van der Waals surface area contributed by atoms with E-state index in [1.807, 2.05) is 32.0 Å². The molecule has 24 heavy (non-hydrogen) atoms. The summed E-state index contributed by atoms with van der Waals surface area (Å²) in [6.07, 6.45) is 0. The SMILES string of the molecule is Cc1cccc(C)c1NC(=O)COC(=O)CSc1ccccc1F. The maximum absolute atomic E-state index is 13.4. The second kappa shape index (κ2) is 8.49. The number of carbonyl (C=O) groups is 2. The molecule has 1 amide bonds. The van der Waals surface area contributed by atoms with Gasteiger partial charge in [0.2, 0.25) is 0 Å². The van der Waals surface area contributed by atoms with Gasteiger partial charge in [-0.25, -0.2) is 4.39 Å². The Hall–Kier alpha value is -2.34. The van der Waals surface area contributed by atoms with Crippen LogP contribution in [0.25, 0.3) is 0 Å².